The number of nitrogen functional groups attached to an aromatic ring is 1. The number of carbonyl (C=O) groups is 1. The van der Waals surface area contributed by atoms with Crippen molar-refractivity contribution in [3.8, 4) is 0 Å². The number of amidine groups is 1. The summed E-state index contributed by atoms with van der Waals surface area (Å²) in [7, 11) is 1.66. The molecule has 0 aliphatic heterocycles. The zero-order valence-electron chi connectivity index (χ0n) is 9.53. The number of nitrogens with two attached hydrogens (primary N) is 1. The molecule has 0 radical (unpaired) electrons. The smallest absolute Gasteiger partial charge is 0.320 e. The predicted molar refractivity (Wildman–Crippen MR) is 61.5 cm³/mol. The average Bonchev–Trinajstić information content (AvgIpc) is 2.46. The third-order valence-electron chi connectivity index (χ3n) is 1.88. The van der Waals surface area contributed by atoms with Crippen molar-refractivity contribution in [1.29, 1.82) is 5.41 Å². The van der Waals surface area contributed by atoms with E-state index < -0.39 is 0 Å². The third kappa shape index (κ3) is 2.72. The number of rotatable bonds is 3. The van der Waals surface area contributed by atoms with E-state index in [0.29, 0.717) is 11.4 Å². The van der Waals surface area contributed by atoms with E-state index in [9.17, 15) is 4.79 Å². The van der Waals surface area contributed by atoms with Crippen LogP contribution in [0.3, 0.4) is 0 Å². The Morgan fingerprint density at radius 3 is 2.75 bits per heavy atom. The van der Waals surface area contributed by atoms with Crippen molar-refractivity contribution >= 4 is 17.7 Å². The molecule has 5 N–H and O–H groups in total. The van der Waals surface area contributed by atoms with Crippen molar-refractivity contribution in [2.24, 2.45) is 12.8 Å². The topological polar surface area (TPSA) is 109 Å². The summed E-state index contributed by atoms with van der Waals surface area (Å²) in [6.45, 7) is 3.71. The summed E-state index contributed by atoms with van der Waals surface area (Å²) < 4.78 is 1.46. The Labute approximate surface area is 93.5 Å². The lowest BCUT2D eigenvalue weighted by atomic mass is 10.3. The first kappa shape index (κ1) is 12.0. The number of hydrogen-bond donors (Lipinski definition) is 4. The van der Waals surface area contributed by atoms with E-state index in [0.717, 1.165) is 0 Å². The van der Waals surface area contributed by atoms with E-state index in [2.05, 4.69) is 15.7 Å². The summed E-state index contributed by atoms with van der Waals surface area (Å²) >= 11 is 0. The lowest BCUT2D eigenvalue weighted by Gasteiger charge is -2.11. The number of hydrogen-bond acceptors (Lipinski definition) is 3. The summed E-state index contributed by atoms with van der Waals surface area (Å²) in [6, 6.07) is -0.310. The number of carbonyl (C=O) groups excluding carboxylic acids is 1. The molecule has 0 aromatic carbocycles. The van der Waals surface area contributed by atoms with E-state index in [4.69, 9.17) is 11.1 Å². The van der Waals surface area contributed by atoms with E-state index >= 15 is 0 Å². The summed E-state index contributed by atoms with van der Waals surface area (Å²) in [6.07, 6.45) is 1.44. The van der Waals surface area contributed by atoms with Crippen molar-refractivity contribution in [2.75, 3.05) is 5.32 Å². The van der Waals surface area contributed by atoms with Gasteiger partial charge in [-0.05, 0) is 13.8 Å². The number of urea groups is 1. The molecule has 1 rings (SSSR count). The molecule has 1 aromatic heterocycles. The third-order valence-corrected chi connectivity index (χ3v) is 1.88. The quantitative estimate of drug-likeness (QED) is 0.436. The van der Waals surface area contributed by atoms with Crippen molar-refractivity contribution < 1.29 is 4.79 Å². The van der Waals surface area contributed by atoms with Crippen LogP contribution < -0.4 is 16.4 Å². The highest BCUT2D eigenvalue weighted by Crippen LogP contribution is 2.12. The highest BCUT2D eigenvalue weighted by molar-refractivity contribution is 6.02. The van der Waals surface area contributed by atoms with Crippen molar-refractivity contribution in [3.05, 3.63) is 11.8 Å². The van der Waals surface area contributed by atoms with Gasteiger partial charge < -0.3 is 11.1 Å². The van der Waals surface area contributed by atoms with Crippen LogP contribution in [0.15, 0.2) is 6.20 Å². The van der Waals surface area contributed by atoms with Gasteiger partial charge in [0, 0.05) is 13.1 Å². The molecule has 0 aliphatic rings. The second-order valence-electron chi connectivity index (χ2n) is 3.70. The lowest BCUT2D eigenvalue weighted by Crippen LogP contribution is -2.35. The molecule has 2 amide bonds. The Morgan fingerprint density at radius 1 is 1.62 bits per heavy atom. The molecule has 7 heteroatoms. The van der Waals surface area contributed by atoms with Crippen LogP contribution in [0.2, 0.25) is 0 Å². The number of aromatic nitrogens is 2. The number of nitrogens with zero attached hydrogens (tertiary/aromatic N) is 2. The van der Waals surface area contributed by atoms with Crippen LogP contribution in [0.5, 0.6) is 0 Å². The van der Waals surface area contributed by atoms with Gasteiger partial charge in [-0.2, -0.15) is 5.10 Å². The summed E-state index contributed by atoms with van der Waals surface area (Å²) in [4.78, 5) is 11.5. The minimum Gasteiger partial charge on any atom is -0.384 e. The molecule has 0 bridgehead atoms. The van der Waals surface area contributed by atoms with E-state index in [1.165, 1.54) is 10.9 Å². The van der Waals surface area contributed by atoms with Crippen LogP contribution in [-0.2, 0) is 7.05 Å². The first-order valence-corrected chi connectivity index (χ1v) is 4.85. The Hall–Kier alpha value is -2.05. The second kappa shape index (κ2) is 4.65. The normalized spacial score (nSPS) is 10.2. The number of aryl methyl sites for hydroxylation is 1. The maximum atomic E-state index is 11.5. The van der Waals surface area contributed by atoms with Gasteiger partial charge in [0.05, 0.1) is 11.8 Å². The largest absolute Gasteiger partial charge is 0.384 e. The molecule has 0 saturated heterocycles. The van der Waals surface area contributed by atoms with E-state index in [1.807, 2.05) is 13.8 Å². The number of anilines is 1. The second-order valence-corrected chi connectivity index (χ2v) is 3.70. The Kier molecular flexibility index (Phi) is 3.49. The van der Waals surface area contributed by atoms with Crippen molar-refractivity contribution in [2.45, 2.75) is 19.9 Å². The Morgan fingerprint density at radius 2 is 2.25 bits per heavy atom. The fraction of sp³-hybridized carbons (Fsp3) is 0.444. The van der Waals surface area contributed by atoms with Crippen LogP contribution in [-0.4, -0.2) is 27.7 Å². The summed E-state index contributed by atoms with van der Waals surface area (Å²) in [5, 5.41) is 16.5. The number of amides is 2. The van der Waals surface area contributed by atoms with Crippen LogP contribution in [0.1, 0.15) is 19.4 Å². The van der Waals surface area contributed by atoms with Gasteiger partial charge in [-0.1, -0.05) is 0 Å². The van der Waals surface area contributed by atoms with E-state index in [1.54, 1.807) is 7.05 Å². The highest BCUT2D eigenvalue weighted by Gasteiger charge is 2.13. The fourth-order valence-electron chi connectivity index (χ4n) is 1.19. The van der Waals surface area contributed by atoms with Crippen LogP contribution in [0.4, 0.5) is 10.6 Å². The molecule has 0 saturated carbocycles. The molecular formula is C9H16N6O. The summed E-state index contributed by atoms with van der Waals surface area (Å²) in [5.41, 5.74) is 5.77. The van der Waals surface area contributed by atoms with Crippen LogP contribution >= 0.6 is 0 Å². The molecule has 0 spiro atoms. The molecule has 7 nitrogen and oxygen atoms in total. The molecule has 0 atom stereocenters. The minimum absolute atomic E-state index is 0.0361. The first-order valence-electron chi connectivity index (χ1n) is 4.85. The van der Waals surface area contributed by atoms with Gasteiger partial charge in [-0.3, -0.25) is 15.4 Å². The van der Waals surface area contributed by atoms with Gasteiger partial charge >= 0.3 is 6.03 Å². The number of nitrogens with one attached hydrogen (secondary N) is 3. The molecule has 16 heavy (non-hydrogen) atoms. The van der Waals surface area contributed by atoms with E-state index in [-0.39, 0.29) is 17.9 Å². The molecule has 1 aromatic rings. The molecular weight excluding hydrogens is 208 g/mol. The zero-order valence-corrected chi connectivity index (χ0v) is 9.53. The van der Waals surface area contributed by atoms with Gasteiger partial charge in [0.1, 0.15) is 11.7 Å². The van der Waals surface area contributed by atoms with Gasteiger partial charge in [-0.25, -0.2) is 4.79 Å². The maximum Gasteiger partial charge on any atom is 0.320 e. The summed E-state index contributed by atoms with van der Waals surface area (Å²) in [5.74, 6) is 0.276. The average molecular weight is 224 g/mol. The zero-order chi connectivity index (χ0) is 12.3. The Bertz CT molecular complexity index is 408. The van der Waals surface area contributed by atoms with Gasteiger partial charge in [0.15, 0.2) is 0 Å². The van der Waals surface area contributed by atoms with Gasteiger partial charge in [0.2, 0.25) is 0 Å². The molecule has 1 heterocycles. The monoisotopic (exact) mass is 224 g/mol. The van der Waals surface area contributed by atoms with Gasteiger partial charge in [0.25, 0.3) is 0 Å². The Balaban J connectivity index is 2.84. The molecule has 88 valence electrons. The van der Waals surface area contributed by atoms with Crippen LogP contribution in [0, 0.1) is 5.41 Å². The molecule has 0 aliphatic carbocycles. The molecule has 0 unspecified atom stereocenters. The van der Waals surface area contributed by atoms with Crippen molar-refractivity contribution in [3.63, 3.8) is 0 Å². The fourth-order valence-corrected chi connectivity index (χ4v) is 1.19. The maximum absolute atomic E-state index is 11.5. The highest BCUT2D eigenvalue weighted by atomic mass is 16.2. The molecule has 0 fully saturated rings. The van der Waals surface area contributed by atoms with Gasteiger partial charge in [-0.15, -0.1) is 0 Å². The standard InChI is InChI=1S/C9H16N6O/c1-5(2)13-9(16)14-8-6(7(10)11)4-12-15(8)3/h4-5H,1-3H3,(H3,10,11)(H2,13,14,16). The van der Waals surface area contributed by atoms with Crippen LogP contribution in [0.25, 0.3) is 0 Å². The lowest BCUT2D eigenvalue weighted by molar-refractivity contribution is 0.250. The minimum atomic E-state index is -0.346. The predicted octanol–water partition coefficient (Wildman–Crippen LogP) is 0.234. The van der Waals surface area contributed by atoms with Crippen molar-refractivity contribution in [1.82, 2.24) is 15.1 Å². The SMILES string of the molecule is CC(C)NC(=O)Nc1c(C(=N)N)cnn1C. The first-order chi connectivity index (χ1) is 7.41.